The number of hydrogen-bond donors (Lipinski definition) is 1. The van der Waals surface area contributed by atoms with Crippen LogP contribution in [0.15, 0.2) is 9.50 Å². The van der Waals surface area contributed by atoms with E-state index in [-0.39, 0.29) is 0 Å². The quantitative estimate of drug-likeness (QED) is 0.866. The van der Waals surface area contributed by atoms with Crippen molar-refractivity contribution >= 4 is 29.2 Å². The van der Waals surface area contributed by atoms with Gasteiger partial charge in [0.25, 0.3) is 0 Å². The van der Waals surface area contributed by atoms with Crippen molar-refractivity contribution in [3.8, 4) is 6.01 Å². The van der Waals surface area contributed by atoms with E-state index < -0.39 is 0 Å². The lowest BCUT2D eigenvalue weighted by Gasteiger charge is -2.06. The Morgan fingerprint density at radius 3 is 2.68 bits per heavy atom. The SMILES string of the molecule is CCNc1nc(OCC)nc(Sc2nc(C)ns2)n1. The molecule has 2 rings (SSSR count). The van der Waals surface area contributed by atoms with Gasteiger partial charge >= 0.3 is 6.01 Å². The number of hydrogen-bond acceptors (Lipinski definition) is 9. The molecule has 19 heavy (non-hydrogen) atoms. The highest BCUT2D eigenvalue weighted by atomic mass is 32.2. The molecule has 7 nitrogen and oxygen atoms in total. The van der Waals surface area contributed by atoms with Crippen molar-refractivity contribution in [2.75, 3.05) is 18.5 Å². The van der Waals surface area contributed by atoms with Crippen molar-refractivity contribution in [2.45, 2.75) is 30.3 Å². The van der Waals surface area contributed by atoms with Gasteiger partial charge in [0, 0.05) is 6.54 Å². The van der Waals surface area contributed by atoms with E-state index in [1.54, 1.807) is 0 Å². The van der Waals surface area contributed by atoms with Crippen molar-refractivity contribution in [3.05, 3.63) is 5.82 Å². The van der Waals surface area contributed by atoms with Gasteiger partial charge in [0.1, 0.15) is 5.82 Å². The molecule has 0 unspecified atom stereocenters. The van der Waals surface area contributed by atoms with Crippen LogP contribution in [0.2, 0.25) is 0 Å². The molecular formula is C10H14N6OS2. The van der Waals surface area contributed by atoms with E-state index in [1.807, 2.05) is 20.8 Å². The Labute approximate surface area is 119 Å². The summed E-state index contributed by atoms with van der Waals surface area (Å²) in [6, 6.07) is 0.317. The van der Waals surface area contributed by atoms with E-state index in [4.69, 9.17) is 4.74 Å². The lowest BCUT2D eigenvalue weighted by Crippen LogP contribution is -2.07. The molecule has 9 heteroatoms. The Kier molecular flexibility index (Phi) is 4.86. The van der Waals surface area contributed by atoms with Crippen LogP contribution in [0.3, 0.4) is 0 Å². The highest BCUT2D eigenvalue weighted by Crippen LogP contribution is 2.27. The summed E-state index contributed by atoms with van der Waals surface area (Å²) in [6.07, 6.45) is 0. The van der Waals surface area contributed by atoms with Crippen LogP contribution in [0.1, 0.15) is 19.7 Å². The molecule has 0 spiro atoms. The molecule has 0 saturated carbocycles. The minimum absolute atomic E-state index is 0.317. The van der Waals surface area contributed by atoms with Gasteiger partial charge in [-0.05, 0) is 44.1 Å². The Bertz CT molecular complexity index is 522. The number of rotatable bonds is 6. The molecule has 0 atom stereocenters. The molecule has 1 N–H and O–H groups in total. The molecule has 0 aliphatic carbocycles. The van der Waals surface area contributed by atoms with Crippen LogP contribution in [0.25, 0.3) is 0 Å². The number of nitrogens with one attached hydrogen (secondary N) is 1. The summed E-state index contributed by atoms with van der Waals surface area (Å²) in [7, 11) is 0. The molecule has 0 bridgehead atoms. The molecule has 2 aromatic heterocycles. The highest BCUT2D eigenvalue weighted by molar-refractivity contribution is 8.00. The number of aryl methyl sites for hydroxylation is 1. The molecule has 2 aromatic rings. The predicted octanol–water partition coefficient (Wildman–Crippen LogP) is 2.01. The molecule has 2 heterocycles. The van der Waals surface area contributed by atoms with Gasteiger partial charge < -0.3 is 10.1 Å². The number of aromatic nitrogens is 5. The maximum atomic E-state index is 5.33. The summed E-state index contributed by atoms with van der Waals surface area (Å²) in [5.74, 6) is 1.25. The van der Waals surface area contributed by atoms with E-state index in [9.17, 15) is 0 Å². The van der Waals surface area contributed by atoms with Gasteiger partial charge in [0.15, 0.2) is 4.34 Å². The summed E-state index contributed by atoms with van der Waals surface area (Å²) in [5, 5.41) is 3.60. The first kappa shape index (κ1) is 13.9. The molecule has 0 amide bonds. The second-order valence-corrected chi connectivity index (χ2v) is 5.36. The van der Waals surface area contributed by atoms with Gasteiger partial charge in [-0.15, -0.1) is 0 Å². The Balaban J connectivity index is 2.22. The first-order chi connectivity index (χ1) is 9.21. The maximum absolute atomic E-state index is 5.33. The van der Waals surface area contributed by atoms with Gasteiger partial charge in [-0.25, -0.2) is 4.98 Å². The molecule has 102 valence electrons. The van der Waals surface area contributed by atoms with Crippen LogP contribution in [-0.2, 0) is 0 Å². The smallest absolute Gasteiger partial charge is 0.322 e. The monoisotopic (exact) mass is 298 g/mol. The third-order valence-corrected chi connectivity index (χ3v) is 3.60. The zero-order valence-electron chi connectivity index (χ0n) is 10.9. The van der Waals surface area contributed by atoms with Crippen LogP contribution in [0, 0.1) is 6.92 Å². The number of nitrogens with zero attached hydrogens (tertiary/aromatic N) is 5. The average Bonchev–Trinajstić information content (AvgIpc) is 2.75. The van der Waals surface area contributed by atoms with Crippen LogP contribution in [0.5, 0.6) is 6.01 Å². The summed E-state index contributed by atoms with van der Waals surface area (Å²) >= 11 is 2.67. The molecule has 0 saturated heterocycles. The summed E-state index contributed by atoms with van der Waals surface area (Å²) in [6.45, 7) is 6.96. The van der Waals surface area contributed by atoms with E-state index in [0.717, 1.165) is 16.7 Å². The minimum atomic E-state index is 0.317. The predicted molar refractivity (Wildman–Crippen MR) is 73.9 cm³/mol. The van der Waals surface area contributed by atoms with Gasteiger partial charge in [0.2, 0.25) is 11.1 Å². The fourth-order valence-electron chi connectivity index (χ4n) is 1.21. The van der Waals surface area contributed by atoms with Crippen molar-refractivity contribution < 1.29 is 4.74 Å². The molecule has 0 radical (unpaired) electrons. The Hall–Kier alpha value is -1.48. The Morgan fingerprint density at radius 2 is 2.05 bits per heavy atom. The largest absolute Gasteiger partial charge is 0.464 e. The van der Waals surface area contributed by atoms with Crippen LogP contribution in [0.4, 0.5) is 5.95 Å². The Morgan fingerprint density at radius 1 is 1.21 bits per heavy atom. The molecular weight excluding hydrogens is 284 g/mol. The fraction of sp³-hybridized carbons (Fsp3) is 0.500. The van der Waals surface area contributed by atoms with Gasteiger partial charge in [0.05, 0.1) is 6.61 Å². The molecule has 0 aromatic carbocycles. The van der Waals surface area contributed by atoms with E-state index in [1.165, 1.54) is 23.3 Å². The van der Waals surface area contributed by atoms with Crippen LogP contribution in [-0.4, -0.2) is 37.5 Å². The first-order valence-electron chi connectivity index (χ1n) is 5.82. The third kappa shape index (κ3) is 4.00. The summed E-state index contributed by atoms with van der Waals surface area (Å²) in [5.41, 5.74) is 0. The molecule has 0 aliphatic heterocycles. The van der Waals surface area contributed by atoms with E-state index in [2.05, 4.69) is 29.6 Å². The van der Waals surface area contributed by atoms with Crippen molar-refractivity contribution in [2.24, 2.45) is 0 Å². The van der Waals surface area contributed by atoms with Gasteiger partial charge in [-0.1, -0.05) is 0 Å². The summed E-state index contributed by atoms with van der Waals surface area (Å²) in [4.78, 5) is 17.0. The van der Waals surface area contributed by atoms with E-state index in [0.29, 0.717) is 23.7 Å². The zero-order chi connectivity index (χ0) is 13.7. The molecule has 0 fully saturated rings. The fourth-order valence-corrected chi connectivity index (χ4v) is 2.71. The van der Waals surface area contributed by atoms with Crippen molar-refractivity contribution in [1.82, 2.24) is 24.3 Å². The lowest BCUT2D eigenvalue weighted by molar-refractivity contribution is 0.308. The number of ether oxygens (including phenoxy) is 1. The second-order valence-electron chi connectivity index (χ2n) is 3.40. The van der Waals surface area contributed by atoms with E-state index >= 15 is 0 Å². The average molecular weight is 298 g/mol. The number of anilines is 1. The lowest BCUT2D eigenvalue weighted by atomic mass is 10.7. The third-order valence-electron chi connectivity index (χ3n) is 1.89. The maximum Gasteiger partial charge on any atom is 0.322 e. The highest BCUT2D eigenvalue weighted by Gasteiger charge is 2.10. The topological polar surface area (TPSA) is 85.7 Å². The minimum Gasteiger partial charge on any atom is -0.464 e. The van der Waals surface area contributed by atoms with Crippen LogP contribution < -0.4 is 10.1 Å². The van der Waals surface area contributed by atoms with Crippen molar-refractivity contribution in [1.29, 1.82) is 0 Å². The normalized spacial score (nSPS) is 10.5. The zero-order valence-corrected chi connectivity index (χ0v) is 12.5. The standard InChI is InChI=1S/C10H14N6OS2/c1-4-11-7-13-8(17-5-2)15-9(14-7)18-10-12-6(3)16-19-10/h4-5H2,1-3H3,(H,11,13,14,15). The van der Waals surface area contributed by atoms with Gasteiger partial charge in [-0.3, -0.25) is 0 Å². The second kappa shape index (κ2) is 6.62. The molecule has 0 aliphatic rings. The van der Waals surface area contributed by atoms with Gasteiger partial charge in [-0.2, -0.15) is 19.3 Å². The van der Waals surface area contributed by atoms with Crippen LogP contribution >= 0.6 is 23.3 Å². The summed E-state index contributed by atoms with van der Waals surface area (Å²) < 4.78 is 10.2. The van der Waals surface area contributed by atoms with Crippen molar-refractivity contribution in [3.63, 3.8) is 0 Å². The first-order valence-corrected chi connectivity index (χ1v) is 7.41.